The predicted molar refractivity (Wildman–Crippen MR) is 48.4 cm³/mol. The maximum absolute atomic E-state index is 12.9. The van der Waals surface area contributed by atoms with Crippen LogP contribution in [-0.2, 0) is 6.42 Å². The Kier molecular flexibility index (Phi) is 2.83. The molecule has 3 heteroatoms. The molecule has 11 heavy (non-hydrogen) atoms. The summed E-state index contributed by atoms with van der Waals surface area (Å²) in [5.74, 6) is -0.293. The molecule has 56 valence electrons. The Morgan fingerprint density at radius 3 is 2.82 bits per heavy atom. The molecule has 0 aromatic heterocycles. The minimum absolute atomic E-state index is 0.142. The van der Waals surface area contributed by atoms with Crippen LogP contribution < -0.4 is 0 Å². The number of nitrogens with zero attached hydrogens (tertiary/aromatic N) is 1. The zero-order valence-corrected chi connectivity index (χ0v) is 7.80. The quantitative estimate of drug-likeness (QED) is 0.712. The van der Waals surface area contributed by atoms with Gasteiger partial charge in [0, 0.05) is 9.13 Å². The Labute approximate surface area is 78.0 Å². The molecule has 0 saturated carbocycles. The second-order valence-corrected chi connectivity index (χ2v) is 3.32. The van der Waals surface area contributed by atoms with Crippen LogP contribution in [0.25, 0.3) is 0 Å². The van der Waals surface area contributed by atoms with Gasteiger partial charge >= 0.3 is 0 Å². The summed E-state index contributed by atoms with van der Waals surface area (Å²) >= 11 is 2.03. The first kappa shape index (κ1) is 8.47. The first-order chi connectivity index (χ1) is 5.24. The molecule has 0 radical (unpaired) electrons. The molecule has 0 aliphatic heterocycles. The van der Waals surface area contributed by atoms with Crippen molar-refractivity contribution in [1.82, 2.24) is 0 Å². The summed E-state index contributed by atoms with van der Waals surface area (Å²) in [5.41, 5.74) is 0.466. The van der Waals surface area contributed by atoms with Crippen molar-refractivity contribution in [1.29, 1.82) is 5.26 Å². The topological polar surface area (TPSA) is 23.8 Å². The lowest BCUT2D eigenvalue weighted by atomic mass is 10.1. The average molecular weight is 261 g/mol. The zero-order valence-electron chi connectivity index (χ0n) is 5.64. The molecule has 0 spiro atoms. The van der Waals surface area contributed by atoms with E-state index in [1.807, 2.05) is 28.7 Å². The molecule has 0 unspecified atom stereocenters. The van der Waals surface area contributed by atoms with E-state index in [1.165, 1.54) is 6.07 Å². The second kappa shape index (κ2) is 3.67. The molecule has 0 heterocycles. The number of rotatable bonds is 1. The first-order valence-electron chi connectivity index (χ1n) is 3.05. The van der Waals surface area contributed by atoms with Gasteiger partial charge in [0.1, 0.15) is 5.82 Å². The highest BCUT2D eigenvalue weighted by Crippen LogP contribution is 2.12. The maximum atomic E-state index is 12.9. The molecule has 0 N–H and O–H groups in total. The van der Waals surface area contributed by atoms with E-state index in [9.17, 15) is 4.39 Å². The fourth-order valence-electron chi connectivity index (χ4n) is 0.750. The van der Waals surface area contributed by atoms with Gasteiger partial charge in [0.05, 0.1) is 12.5 Å². The van der Waals surface area contributed by atoms with Gasteiger partial charge in [0.15, 0.2) is 0 Å². The van der Waals surface area contributed by atoms with Crippen molar-refractivity contribution in [3.8, 4) is 6.07 Å². The van der Waals surface area contributed by atoms with E-state index in [1.54, 1.807) is 12.1 Å². The number of hydrogen-bond acceptors (Lipinski definition) is 1. The lowest BCUT2D eigenvalue weighted by Crippen LogP contribution is -1.88. The van der Waals surface area contributed by atoms with E-state index < -0.39 is 0 Å². The van der Waals surface area contributed by atoms with Crippen molar-refractivity contribution in [2.45, 2.75) is 6.42 Å². The van der Waals surface area contributed by atoms with Gasteiger partial charge in [-0.05, 0) is 34.7 Å². The summed E-state index contributed by atoms with van der Waals surface area (Å²) in [5, 5.41) is 8.29. The molecule has 0 aliphatic rings. The van der Waals surface area contributed by atoms with Crippen LogP contribution in [0.3, 0.4) is 0 Å². The lowest BCUT2D eigenvalue weighted by molar-refractivity contribution is 0.614. The van der Waals surface area contributed by atoms with Crippen LogP contribution in [0.1, 0.15) is 5.56 Å². The SMILES string of the molecule is N#CCc1ccc(I)cc1F. The third-order valence-electron chi connectivity index (χ3n) is 1.28. The van der Waals surface area contributed by atoms with E-state index in [-0.39, 0.29) is 12.2 Å². The third kappa shape index (κ3) is 2.15. The van der Waals surface area contributed by atoms with Crippen LogP contribution in [0.4, 0.5) is 4.39 Å². The second-order valence-electron chi connectivity index (χ2n) is 2.07. The molecule has 1 aromatic carbocycles. The predicted octanol–water partition coefficient (Wildman–Crippen LogP) is 2.50. The van der Waals surface area contributed by atoms with Gasteiger partial charge in [-0.25, -0.2) is 4.39 Å². The third-order valence-corrected chi connectivity index (χ3v) is 1.96. The average Bonchev–Trinajstić information content (AvgIpc) is 1.95. The number of hydrogen-bond donors (Lipinski definition) is 0. The van der Waals surface area contributed by atoms with Gasteiger partial charge in [-0.2, -0.15) is 5.26 Å². The van der Waals surface area contributed by atoms with Crippen molar-refractivity contribution < 1.29 is 4.39 Å². The summed E-state index contributed by atoms with van der Waals surface area (Å²) < 4.78 is 13.7. The standard InChI is InChI=1S/C8H5FIN/c9-8-5-7(10)2-1-6(8)3-4-11/h1-2,5H,3H2. The van der Waals surface area contributed by atoms with Gasteiger partial charge in [-0.3, -0.25) is 0 Å². The Balaban J connectivity index is 3.01. The van der Waals surface area contributed by atoms with Crippen LogP contribution in [0, 0.1) is 20.7 Å². The largest absolute Gasteiger partial charge is 0.207 e. The van der Waals surface area contributed by atoms with E-state index >= 15 is 0 Å². The summed E-state index contributed by atoms with van der Waals surface area (Å²) in [6, 6.07) is 6.75. The highest BCUT2D eigenvalue weighted by molar-refractivity contribution is 14.1. The van der Waals surface area contributed by atoms with Crippen molar-refractivity contribution in [3.63, 3.8) is 0 Å². The van der Waals surface area contributed by atoms with Crippen molar-refractivity contribution in [3.05, 3.63) is 33.1 Å². The molecular formula is C8H5FIN. The fourth-order valence-corrected chi connectivity index (χ4v) is 1.20. The van der Waals surface area contributed by atoms with Crippen LogP contribution in [0.15, 0.2) is 18.2 Å². The van der Waals surface area contributed by atoms with Crippen molar-refractivity contribution in [2.75, 3.05) is 0 Å². The van der Waals surface area contributed by atoms with Crippen LogP contribution in [-0.4, -0.2) is 0 Å². The molecule has 1 nitrogen and oxygen atoms in total. The highest BCUT2D eigenvalue weighted by Gasteiger charge is 2.00. The van der Waals surface area contributed by atoms with Crippen molar-refractivity contribution in [2.24, 2.45) is 0 Å². The fraction of sp³-hybridized carbons (Fsp3) is 0.125. The van der Waals surface area contributed by atoms with E-state index in [2.05, 4.69) is 0 Å². The summed E-state index contributed by atoms with van der Waals surface area (Å²) in [6.45, 7) is 0. The summed E-state index contributed by atoms with van der Waals surface area (Å²) in [6.07, 6.45) is 0.142. The van der Waals surface area contributed by atoms with E-state index in [0.717, 1.165) is 3.57 Å². The smallest absolute Gasteiger partial charge is 0.128 e. The van der Waals surface area contributed by atoms with Crippen LogP contribution in [0.2, 0.25) is 0 Å². The molecular weight excluding hydrogens is 256 g/mol. The molecule has 0 atom stereocenters. The zero-order chi connectivity index (χ0) is 8.27. The highest BCUT2D eigenvalue weighted by atomic mass is 127. The van der Waals surface area contributed by atoms with Gasteiger partial charge < -0.3 is 0 Å². The monoisotopic (exact) mass is 261 g/mol. The molecule has 0 amide bonds. The summed E-state index contributed by atoms with van der Waals surface area (Å²) in [7, 11) is 0. The van der Waals surface area contributed by atoms with Crippen LogP contribution >= 0.6 is 22.6 Å². The molecule has 1 rings (SSSR count). The molecule has 0 saturated heterocycles. The first-order valence-corrected chi connectivity index (χ1v) is 4.13. The van der Waals surface area contributed by atoms with Crippen LogP contribution in [0.5, 0.6) is 0 Å². The number of nitriles is 1. The summed E-state index contributed by atoms with van der Waals surface area (Å²) in [4.78, 5) is 0. The molecule has 0 aliphatic carbocycles. The molecule has 0 fully saturated rings. The maximum Gasteiger partial charge on any atom is 0.128 e. The molecule has 1 aromatic rings. The van der Waals surface area contributed by atoms with Crippen molar-refractivity contribution >= 4 is 22.6 Å². The minimum Gasteiger partial charge on any atom is -0.207 e. The number of benzene rings is 1. The lowest BCUT2D eigenvalue weighted by Gasteiger charge is -1.96. The van der Waals surface area contributed by atoms with Gasteiger partial charge in [-0.15, -0.1) is 0 Å². The normalized spacial score (nSPS) is 9.18. The minimum atomic E-state index is -0.293. The number of halogens is 2. The Morgan fingerprint density at radius 1 is 1.55 bits per heavy atom. The Hall–Kier alpha value is -0.630. The molecule has 0 bridgehead atoms. The Bertz CT molecular complexity index is 303. The van der Waals surface area contributed by atoms with E-state index in [4.69, 9.17) is 5.26 Å². The van der Waals surface area contributed by atoms with Gasteiger partial charge in [0.25, 0.3) is 0 Å². The van der Waals surface area contributed by atoms with Gasteiger partial charge in [-0.1, -0.05) is 6.07 Å². The Morgan fingerprint density at radius 2 is 2.27 bits per heavy atom. The van der Waals surface area contributed by atoms with Gasteiger partial charge in [0.2, 0.25) is 0 Å². The van der Waals surface area contributed by atoms with E-state index in [0.29, 0.717) is 5.56 Å².